The quantitative estimate of drug-likeness (QED) is 0.0891. The standard InChI is InChI=1S/C35H46O14/c1-7-19(2)17-20(3)13-14-25(37)47-28-27(38)33(48-29(30(39)40)34(45,31(41)42)35(28,49-33)32(43)44)16-15-21(4)26(46-23(6)36)22(5)18-24-11-9-8-10-12-24/h8-14,19-20,22,26-29,38,45H,4,7,15-18H2,1-3,5-6H3,(H,39,40)(H,41,42)(H,43,44)/b14-13+/t19-,20+,22+,26+,27+,28+,29+,33-,34+,35-/m0/s1/i1+2,6+2,14+2,16+2,19+2,20+2,21+2,22+2,27+2,35+2. The minimum absolute atomic E-state index is 0.123. The molecule has 14 nitrogen and oxygen atoms in total. The minimum atomic E-state index is -3.90. The molecule has 0 aliphatic carbocycles. The smallest absolute Gasteiger partial charge is 0.344 e. The van der Waals surface area contributed by atoms with E-state index in [1.165, 1.54) is 13.0 Å². The van der Waals surface area contributed by atoms with Crippen molar-refractivity contribution in [1.29, 1.82) is 0 Å². The number of benzene rings is 1. The molecule has 0 spiro atoms. The summed E-state index contributed by atoms with van der Waals surface area (Å²) < 4.78 is 22.0. The van der Waals surface area contributed by atoms with Gasteiger partial charge in [-0.05, 0) is 42.2 Å². The molecule has 2 bridgehead atoms. The number of allylic oxidation sites excluding steroid dienone is 1. The third-order valence-corrected chi connectivity index (χ3v) is 9.29. The van der Waals surface area contributed by atoms with Crippen molar-refractivity contribution in [2.24, 2.45) is 17.8 Å². The van der Waals surface area contributed by atoms with Crippen LogP contribution in [-0.4, -0.2) is 96.8 Å². The third kappa shape index (κ3) is 7.88. The molecule has 2 fully saturated rings. The molecule has 1 aromatic carbocycles. The van der Waals surface area contributed by atoms with E-state index in [4.69, 9.17) is 18.9 Å². The fourth-order valence-corrected chi connectivity index (χ4v) is 6.58. The zero-order chi connectivity index (χ0) is 36.9. The fraction of sp³-hybridized carbons (Fsp3) is 0.571. The average molecular weight is 711 g/mol. The van der Waals surface area contributed by atoms with E-state index in [-0.39, 0.29) is 23.8 Å². The molecule has 2 heterocycles. The predicted octanol–water partition coefficient (Wildman–Crippen LogP) is 2.88. The largest absolute Gasteiger partial charge is 0.479 e. The highest BCUT2D eigenvalue weighted by atomic mass is 17.0. The molecule has 10 atom stereocenters. The van der Waals surface area contributed by atoms with Crippen LogP contribution in [0, 0.1) is 17.8 Å². The Morgan fingerprint density at radius 3 is 2.37 bits per heavy atom. The zero-order valence-corrected chi connectivity index (χ0v) is 28.2. The number of hydrogen-bond donors (Lipinski definition) is 5. The summed E-state index contributed by atoms with van der Waals surface area (Å²) in [5.74, 6) is -11.3. The van der Waals surface area contributed by atoms with Gasteiger partial charge in [0.05, 0.1) is 0 Å². The van der Waals surface area contributed by atoms with Crippen molar-refractivity contribution in [1.82, 2.24) is 0 Å². The zero-order valence-electron chi connectivity index (χ0n) is 28.2. The molecule has 2 aliphatic rings. The summed E-state index contributed by atoms with van der Waals surface area (Å²) in [5.41, 5.74) is -6.27. The van der Waals surface area contributed by atoms with Gasteiger partial charge >= 0.3 is 29.8 Å². The maximum Gasteiger partial charge on any atom is 0.344 e. The lowest BCUT2D eigenvalue weighted by Crippen LogP contribution is -2.78. The van der Waals surface area contributed by atoms with Crippen LogP contribution in [0.25, 0.3) is 0 Å². The molecule has 2 saturated heterocycles. The summed E-state index contributed by atoms with van der Waals surface area (Å²) in [5, 5.41) is 53.5. The number of esters is 2. The molecule has 0 saturated carbocycles. The third-order valence-electron chi connectivity index (χ3n) is 9.29. The van der Waals surface area contributed by atoms with Gasteiger partial charge in [-0.3, -0.25) is 4.79 Å². The van der Waals surface area contributed by atoms with Gasteiger partial charge in [0.2, 0.25) is 23.1 Å². The Bertz CT molecular complexity index is 1440. The van der Waals surface area contributed by atoms with Gasteiger partial charge in [-0.15, -0.1) is 0 Å². The van der Waals surface area contributed by atoms with Crippen LogP contribution in [0.1, 0.15) is 65.9 Å². The second kappa shape index (κ2) is 15.6. The van der Waals surface area contributed by atoms with Crippen LogP contribution in [0.4, 0.5) is 0 Å². The molecule has 0 radical (unpaired) electrons. The number of aliphatic hydroxyl groups excluding tert-OH is 1. The lowest BCUT2D eigenvalue weighted by Gasteiger charge is -2.48. The van der Waals surface area contributed by atoms with Gasteiger partial charge in [-0.25, -0.2) is 19.2 Å². The number of rotatable bonds is 17. The Labute approximate surface area is 284 Å². The van der Waals surface area contributed by atoms with E-state index < -0.39 is 77.7 Å². The Balaban J connectivity index is 2.02. The number of aliphatic hydroxyl groups is 2. The number of carboxylic acid groups (broad SMARTS) is 3. The van der Waals surface area contributed by atoms with E-state index >= 15 is 0 Å². The van der Waals surface area contributed by atoms with Crippen molar-refractivity contribution in [3.63, 3.8) is 0 Å². The number of carbonyl (C=O) groups is 5. The van der Waals surface area contributed by atoms with Crippen molar-refractivity contribution < 1.29 is 68.5 Å². The maximum absolute atomic E-state index is 13.0. The Morgan fingerprint density at radius 2 is 1.84 bits per heavy atom. The molecule has 3 rings (SSSR count). The van der Waals surface area contributed by atoms with Gasteiger partial charge in [0.25, 0.3) is 0 Å². The van der Waals surface area contributed by atoms with Gasteiger partial charge in [-0.2, -0.15) is 0 Å². The molecule has 2 aliphatic heterocycles. The normalized spacial score (nSPS) is 30.1. The number of fused-ring (bicyclic) bond motifs is 2. The van der Waals surface area contributed by atoms with Crippen LogP contribution in [-0.2, 0) is 49.3 Å². The van der Waals surface area contributed by atoms with Crippen LogP contribution in [0.15, 0.2) is 54.6 Å². The molecule has 0 unspecified atom stereocenters. The first-order valence-electron chi connectivity index (χ1n) is 16.1. The lowest BCUT2D eigenvalue weighted by atomic mass is 10.0. The van der Waals surface area contributed by atoms with E-state index in [9.17, 15) is 49.5 Å². The predicted molar refractivity (Wildman–Crippen MR) is 171 cm³/mol. The SMILES string of the molecule is C=[14C](C[14CH2][C@]12O[C@H](C(=O)O)[C@@](O)(C(=O)O)[14C@](C(=O)O)(O1)[C@H](OC(=O)/[14CH]=C/[14C@@H](C)C[14C@@H](C)C[14CH3])[14C@H]2O)[C@@H](OC([14CH3])=O)[14C@H](C)Cc1ccccc1. The van der Waals surface area contributed by atoms with Gasteiger partial charge in [0.1, 0.15) is 12.2 Å². The molecule has 1 aromatic rings. The summed E-state index contributed by atoms with van der Waals surface area (Å²) in [6.07, 6.45) is -4.83. The molecule has 49 heavy (non-hydrogen) atoms. The summed E-state index contributed by atoms with van der Waals surface area (Å²) in [6, 6.07) is 9.29. The monoisotopic (exact) mass is 710 g/mol. The van der Waals surface area contributed by atoms with Gasteiger partial charge in [-0.1, -0.05) is 77.1 Å². The first-order valence-corrected chi connectivity index (χ1v) is 16.1. The van der Waals surface area contributed by atoms with Crippen LogP contribution in [0.2, 0.25) is 0 Å². The summed E-state index contributed by atoms with van der Waals surface area (Å²) in [6.45, 7) is 12.9. The van der Waals surface area contributed by atoms with E-state index in [0.29, 0.717) is 18.8 Å². The van der Waals surface area contributed by atoms with E-state index in [2.05, 4.69) is 6.58 Å². The number of hydrogen-bond acceptors (Lipinski definition) is 11. The van der Waals surface area contributed by atoms with E-state index in [0.717, 1.165) is 18.1 Å². The molecule has 270 valence electrons. The topological polar surface area (TPSA) is 223 Å². The van der Waals surface area contributed by atoms with Crippen molar-refractivity contribution >= 4 is 29.8 Å². The van der Waals surface area contributed by atoms with Gasteiger partial charge in [0.15, 0.2) is 6.10 Å². The van der Waals surface area contributed by atoms with Crippen molar-refractivity contribution in [2.45, 2.75) is 108 Å². The summed E-state index contributed by atoms with van der Waals surface area (Å²) in [4.78, 5) is 63.0. The number of carbonyl (C=O) groups excluding carboxylic acids is 2. The lowest BCUT2D eigenvalue weighted by molar-refractivity contribution is -0.374. The number of aliphatic carboxylic acids is 3. The Hall–Kier alpha value is -4.11. The van der Waals surface area contributed by atoms with Crippen LogP contribution in [0.5, 0.6) is 0 Å². The second-order valence-corrected chi connectivity index (χ2v) is 13.1. The van der Waals surface area contributed by atoms with Crippen molar-refractivity contribution in [3.05, 3.63) is 60.2 Å². The van der Waals surface area contributed by atoms with Crippen LogP contribution in [0.3, 0.4) is 0 Å². The molecular formula is C35H46O14. The van der Waals surface area contributed by atoms with Crippen molar-refractivity contribution in [2.75, 3.05) is 0 Å². The minimum Gasteiger partial charge on any atom is -0.479 e. The number of carboxylic acids is 3. The summed E-state index contributed by atoms with van der Waals surface area (Å²) in [7, 11) is 0. The van der Waals surface area contributed by atoms with Crippen LogP contribution < -0.4 is 0 Å². The van der Waals surface area contributed by atoms with Crippen molar-refractivity contribution in [3.8, 4) is 0 Å². The Morgan fingerprint density at radius 1 is 1.20 bits per heavy atom. The molecule has 0 amide bonds. The molecular weight excluding hydrogens is 664 g/mol. The highest BCUT2D eigenvalue weighted by Gasteiger charge is 2.85. The molecule has 5 N–H and O–H groups in total. The number of ether oxygens (including phenoxy) is 4. The van der Waals surface area contributed by atoms with E-state index in [1.807, 2.05) is 51.1 Å². The van der Waals surface area contributed by atoms with Gasteiger partial charge in [0, 0.05) is 25.3 Å². The highest BCUT2D eigenvalue weighted by molar-refractivity contribution is 5.98. The first-order chi connectivity index (χ1) is 22.9. The Kier molecular flexibility index (Phi) is 12.5. The van der Waals surface area contributed by atoms with E-state index in [1.54, 1.807) is 6.92 Å². The average Bonchev–Trinajstić information content (AvgIpc) is 3.25. The second-order valence-electron chi connectivity index (χ2n) is 13.1. The maximum atomic E-state index is 13.0. The summed E-state index contributed by atoms with van der Waals surface area (Å²) >= 11 is 0. The highest BCUT2D eigenvalue weighted by Crippen LogP contribution is 2.56. The fourth-order valence-electron chi connectivity index (χ4n) is 6.58. The molecule has 0 aromatic heterocycles. The van der Waals surface area contributed by atoms with Gasteiger partial charge < -0.3 is 44.5 Å². The first kappa shape index (κ1) is 39.3. The molecule has 14 heteroatoms. The van der Waals surface area contributed by atoms with Crippen LogP contribution >= 0.6 is 0 Å².